The summed E-state index contributed by atoms with van der Waals surface area (Å²) in [7, 11) is 0. The van der Waals surface area contributed by atoms with E-state index in [-0.39, 0.29) is 5.92 Å². The molecule has 0 heterocycles. The van der Waals surface area contributed by atoms with Crippen LogP contribution >= 0.6 is 0 Å². The van der Waals surface area contributed by atoms with E-state index in [0.29, 0.717) is 11.5 Å². The zero-order chi connectivity index (χ0) is 15.5. The molecule has 112 valence electrons. The van der Waals surface area contributed by atoms with Gasteiger partial charge in [-0.05, 0) is 38.2 Å². The summed E-state index contributed by atoms with van der Waals surface area (Å²) in [5.41, 5.74) is 1.32. The predicted molar refractivity (Wildman–Crippen MR) is 86.7 cm³/mol. The van der Waals surface area contributed by atoms with E-state index in [1.165, 1.54) is 0 Å². The third kappa shape index (κ3) is 8.52. The first kappa shape index (κ1) is 18.4. The number of carbonyl (C=O) groups is 1. The molecule has 0 aliphatic rings. The van der Waals surface area contributed by atoms with Crippen LogP contribution < -0.4 is 0 Å². The lowest BCUT2D eigenvalue weighted by atomic mass is 9.93. The number of hydrogen-bond acceptors (Lipinski definition) is 1. The number of carboxylic acid groups (broad SMARTS) is 1. The Labute approximate surface area is 123 Å². The Morgan fingerprint density at radius 3 is 2.40 bits per heavy atom. The van der Waals surface area contributed by atoms with Gasteiger partial charge in [0.1, 0.15) is 0 Å². The monoisotopic (exact) mass is 276 g/mol. The molecule has 2 unspecified atom stereocenters. The van der Waals surface area contributed by atoms with Gasteiger partial charge in [-0.25, -0.2) is 4.79 Å². The van der Waals surface area contributed by atoms with Gasteiger partial charge in [-0.2, -0.15) is 0 Å². The zero-order valence-corrected chi connectivity index (χ0v) is 13.4. The minimum Gasteiger partial charge on any atom is -0.478 e. The second-order valence-electron chi connectivity index (χ2n) is 5.43. The Kier molecular flexibility index (Phi) is 9.44. The summed E-state index contributed by atoms with van der Waals surface area (Å²) in [5.74, 6) is 0.0374. The van der Waals surface area contributed by atoms with Crippen LogP contribution in [-0.2, 0) is 4.79 Å². The Balaban J connectivity index is 4.96. The van der Waals surface area contributed by atoms with Gasteiger partial charge in [0.15, 0.2) is 0 Å². The number of hydrogen-bond donors (Lipinski definition) is 1. The van der Waals surface area contributed by atoms with Crippen molar-refractivity contribution in [1.29, 1.82) is 0 Å². The lowest BCUT2D eigenvalue weighted by Crippen LogP contribution is -2.04. The van der Waals surface area contributed by atoms with Crippen molar-refractivity contribution in [2.75, 3.05) is 0 Å². The zero-order valence-electron chi connectivity index (χ0n) is 13.4. The first-order valence-electron chi connectivity index (χ1n) is 7.33. The average Bonchev–Trinajstić information content (AvgIpc) is 2.37. The maximum atomic E-state index is 11.3. The summed E-state index contributed by atoms with van der Waals surface area (Å²) in [6.07, 6.45) is 13.4. The minimum atomic E-state index is -0.861. The van der Waals surface area contributed by atoms with Gasteiger partial charge in [-0.1, -0.05) is 63.1 Å². The molecule has 0 aromatic rings. The van der Waals surface area contributed by atoms with E-state index < -0.39 is 5.97 Å². The maximum Gasteiger partial charge on any atom is 0.335 e. The molecule has 0 aromatic heterocycles. The quantitative estimate of drug-likeness (QED) is 0.492. The molecule has 0 spiro atoms. The van der Waals surface area contributed by atoms with Gasteiger partial charge in [0.05, 0.1) is 5.57 Å². The van der Waals surface area contributed by atoms with Gasteiger partial charge in [0.25, 0.3) is 0 Å². The first-order valence-corrected chi connectivity index (χ1v) is 7.33. The second-order valence-corrected chi connectivity index (χ2v) is 5.43. The van der Waals surface area contributed by atoms with Crippen LogP contribution in [0.5, 0.6) is 0 Å². The molecule has 2 atom stereocenters. The molecular weight excluding hydrogens is 248 g/mol. The van der Waals surface area contributed by atoms with Crippen LogP contribution in [0.4, 0.5) is 0 Å². The molecule has 0 aromatic carbocycles. The van der Waals surface area contributed by atoms with Crippen molar-refractivity contribution < 1.29 is 9.90 Å². The molecule has 0 fully saturated rings. The fraction of sp³-hybridized carbons (Fsp3) is 0.500. The highest BCUT2D eigenvalue weighted by atomic mass is 16.4. The van der Waals surface area contributed by atoms with Crippen molar-refractivity contribution in [3.8, 4) is 0 Å². The van der Waals surface area contributed by atoms with E-state index in [1.807, 2.05) is 44.2 Å². The number of rotatable bonds is 8. The second kappa shape index (κ2) is 10.2. The van der Waals surface area contributed by atoms with Crippen LogP contribution in [-0.4, -0.2) is 11.1 Å². The summed E-state index contributed by atoms with van der Waals surface area (Å²) in [5, 5.41) is 9.28. The summed E-state index contributed by atoms with van der Waals surface area (Å²) in [6.45, 7) is 10.3. The van der Waals surface area contributed by atoms with Crippen molar-refractivity contribution in [2.24, 2.45) is 11.8 Å². The molecule has 0 saturated heterocycles. The van der Waals surface area contributed by atoms with Crippen molar-refractivity contribution >= 4 is 5.97 Å². The van der Waals surface area contributed by atoms with E-state index in [9.17, 15) is 9.90 Å². The lowest BCUT2D eigenvalue weighted by molar-refractivity contribution is -0.132. The highest BCUT2D eigenvalue weighted by Crippen LogP contribution is 2.18. The molecule has 0 aliphatic heterocycles. The number of carboxylic acids is 1. The largest absolute Gasteiger partial charge is 0.478 e. The van der Waals surface area contributed by atoms with E-state index in [0.717, 1.165) is 18.4 Å². The van der Waals surface area contributed by atoms with Crippen molar-refractivity contribution in [3.05, 3.63) is 47.6 Å². The van der Waals surface area contributed by atoms with Crippen LogP contribution in [0.25, 0.3) is 0 Å². The molecule has 1 N–H and O–H groups in total. The summed E-state index contributed by atoms with van der Waals surface area (Å²) >= 11 is 0. The van der Waals surface area contributed by atoms with Gasteiger partial charge in [-0.15, -0.1) is 0 Å². The summed E-state index contributed by atoms with van der Waals surface area (Å²) < 4.78 is 0. The van der Waals surface area contributed by atoms with Crippen LogP contribution in [0.3, 0.4) is 0 Å². The lowest BCUT2D eigenvalue weighted by Gasteiger charge is -2.12. The molecule has 0 saturated carbocycles. The topological polar surface area (TPSA) is 37.3 Å². The first-order chi connectivity index (χ1) is 9.40. The Morgan fingerprint density at radius 2 is 1.90 bits per heavy atom. The Bertz CT molecular complexity index is 411. The fourth-order valence-electron chi connectivity index (χ4n) is 1.97. The third-order valence-corrected chi connectivity index (χ3v) is 3.23. The number of allylic oxidation sites excluding steroid dienone is 6. The van der Waals surface area contributed by atoms with E-state index in [1.54, 1.807) is 6.08 Å². The van der Waals surface area contributed by atoms with E-state index in [4.69, 9.17) is 0 Å². The molecule has 2 heteroatoms. The van der Waals surface area contributed by atoms with Gasteiger partial charge in [0, 0.05) is 0 Å². The summed E-state index contributed by atoms with van der Waals surface area (Å²) in [6, 6.07) is 0. The Hall–Kier alpha value is -1.57. The minimum absolute atomic E-state index is 0.277. The van der Waals surface area contributed by atoms with Gasteiger partial charge in [-0.3, -0.25) is 0 Å². The molecule has 0 bridgehead atoms. The van der Waals surface area contributed by atoms with Crippen LogP contribution in [0.2, 0.25) is 0 Å². The SMILES string of the molecule is C/C=C/C=C/C(C)=C/C(=C/C(C)CC(C)CC)C(=O)O. The van der Waals surface area contributed by atoms with Crippen molar-refractivity contribution in [1.82, 2.24) is 0 Å². The summed E-state index contributed by atoms with van der Waals surface area (Å²) in [4.78, 5) is 11.3. The van der Waals surface area contributed by atoms with Crippen LogP contribution in [0.1, 0.15) is 47.5 Å². The fourth-order valence-corrected chi connectivity index (χ4v) is 1.97. The van der Waals surface area contributed by atoms with Crippen LogP contribution in [0, 0.1) is 11.8 Å². The van der Waals surface area contributed by atoms with Crippen molar-refractivity contribution in [2.45, 2.75) is 47.5 Å². The normalized spacial score (nSPS) is 16.9. The smallest absolute Gasteiger partial charge is 0.335 e. The number of aliphatic carboxylic acids is 1. The molecule has 20 heavy (non-hydrogen) atoms. The molecule has 2 nitrogen and oxygen atoms in total. The molecule has 0 radical (unpaired) electrons. The van der Waals surface area contributed by atoms with Crippen molar-refractivity contribution in [3.63, 3.8) is 0 Å². The Morgan fingerprint density at radius 1 is 1.25 bits per heavy atom. The molecule has 0 amide bonds. The average molecular weight is 276 g/mol. The maximum absolute atomic E-state index is 11.3. The van der Waals surface area contributed by atoms with Crippen LogP contribution in [0.15, 0.2) is 47.6 Å². The highest BCUT2D eigenvalue weighted by Gasteiger charge is 2.09. The predicted octanol–water partition coefficient (Wildman–Crippen LogP) is 5.15. The van der Waals surface area contributed by atoms with Gasteiger partial charge in [0.2, 0.25) is 0 Å². The third-order valence-electron chi connectivity index (χ3n) is 3.23. The molecule has 0 rings (SSSR count). The standard InChI is InChI=1S/C18H28O2/c1-6-8-9-10-15(4)12-17(18(19)20)13-16(5)11-14(3)7-2/h6,8-10,12-14,16H,7,11H2,1-5H3,(H,19,20)/b8-6+,10-9+,15-12+,17-13-. The van der Waals surface area contributed by atoms with Gasteiger partial charge >= 0.3 is 5.97 Å². The van der Waals surface area contributed by atoms with E-state index >= 15 is 0 Å². The van der Waals surface area contributed by atoms with E-state index in [2.05, 4.69) is 20.8 Å². The highest BCUT2D eigenvalue weighted by molar-refractivity contribution is 5.90. The van der Waals surface area contributed by atoms with Gasteiger partial charge < -0.3 is 5.11 Å². The molecular formula is C18H28O2. The molecule has 0 aliphatic carbocycles.